The van der Waals surface area contributed by atoms with E-state index in [1.165, 1.54) is 0 Å². The molecule has 0 saturated heterocycles. The number of hydrogen-bond donors (Lipinski definition) is 1. The van der Waals surface area contributed by atoms with Crippen LogP contribution in [0.4, 0.5) is 0 Å². The van der Waals surface area contributed by atoms with Gasteiger partial charge in [0, 0.05) is 33.7 Å². The van der Waals surface area contributed by atoms with Gasteiger partial charge in [0.25, 0.3) is 0 Å². The van der Waals surface area contributed by atoms with E-state index in [0.29, 0.717) is 0 Å². The molecule has 0 unspecified atom stereocenters. The van der Waals surface area contributed by atoms with Gasteiger partial charge in [-0.2, -0.15) is 0 Å². The summed E-state index contributed by atoms with van der Waals surface area (Å²) in [6, 6.07) is 21.3. The molecule has 3 nitrogen and oxygen atoms in total. The molecule has 4 rings (SSSR count). The maximum Gasteiger partial charge on any atom is 0.173 e. The van der Waals surface area contributed by atoms with Crippen molar-refractivity contribution in [2.75, 3.05) is 0 Å². The van der Waals surface area contributed by atoms with Crippen molar-refractivity contribution in [3.8, 4) is 0 Å². The SMILES string of the molecule is O=P(c1ccccc1)(c1ccccc1)c1cncc2[nH]ccc12. The van der Waals surface area contributed by atoms with Gasteiger partial charge in [-0.25, -0.2) is 0 Å². The van der Waals surface area contributed by atoms with E-state index >= 15 is 0 Å². The highest BCUT2D eigenvalue weighted by atomic mass is 31.2. The first-order chi connectivity index (χ1) is 11.3. The van der Waals surface area contributed by atoms with Crippen molar-refractivity contribution in [1.82, 2.24) is 9.97 Å². The van der Waals surface area contributed by atoms with Crippen LogP contribution in [0.2, 0.25) is 0 Å². The van der Waals surface area contributed by atoms with E-state index in [9.17, 15) is 4.57 Å². The first-order valence-electron chi connectivity index (χ1n) is 7.43. The summed E-state index contributed by atoms with van der Waals surface area (Å²) in [5, 5.41) is 3.37. The Morgan fingerprint density at radius 2 is 1.39 bits per heavy atom. The highest BCUT2D eigenvalue weighted by Crippen LogP contribution is 2.43. The molecule has 23 heavy (non-hydrogen) atoms. The van der Waals surface area contributed by atoms with E-state index in [-0.39, 0.29) is 0 Å². The monoisotopic (exact) mass is 318 g/mol. The number of fused-ring (bicyclic) bond motifs is 1. The van der Waals surface area contributed by atoms with E-state index in [1.54, 1.807) is 12.4 Å². The zero-order valence-electron chi connectivity index (χ0n) is 12.4. The van der Waals surface area contributed by atoms with Gasteiger partial charge in [-0.1, -0.05) is 60.7 Å². The molecule has 0 amide bonds. The minimum absolute atomic E-state index is 0.772. The number of aromatic amines is 1. The van der Waals surface area contributed by atoms with Crippen LogP contribution in [0.3, 0.4) is 0 Å². The summed E-state index contributed by atoms with van der Waals surface area (Å²) in [6.07, 6.45) is 5.35. The number of pyridine rings is 1. The lowest BCUT2D eigenvalue weighted by atomic mass is 10.3. The Balaban J connectivity index is 2.08. The van der Waals surface area contributed by atoms with Crippen LogP contribution in [-0.2, 0) is 4.57 Å². The fourth-order valence-electron chi connectivity index (χ4n) is 2.92. The van der Waals surface area contributed by atoms with Crippen molar-refractivity contribution < 1.29 is 4.57 Å². The lowest BCUT2D eigenvalue weighted by molar-refractivity contribution is 0.592. The molecule has 0 saturated carbocycles. The van der Waals surface area contributed by atoms with Crippen LogP contribution in [-0.4, -0.2) is 9.97 Å². The molecule has 4 aromatic rings. The van der Waals surface area contributed by atoms with E-state index in [0.717, 1.165) is 26.8 Å². The second-order valence-corrected chi connectivity index (χ2v) is 8.11. The summed E-state index contributed by atoms with van der Waals surface area (Å²) in [5.74, 6) is 0. The smallest absolute Gasteiger partial charge is 0.173 e. The van der Waals surface area contributed by atoms with Crippen molar-refractivity contribution in [3.63, 3.8) is 0 Å². The highest BCUT2D eigenvalue weighted by molar-refractivity contribution is 7.85. The number of rotatable bonds is 3. The van der Waals surface area contributed by atoms with E-state index in [1.807, 2.05) is 72.9 Å². The maximum atomic E-state index is 14.3. The maximum absolute atomic E-state index is 14.3. The number of H-pyrrole nitrogens is 1. The van der Waals surface area contributed by atoms with Gasteiger partial charge in [-0.05, 0) is 6.07 Å². The molecule has 0 radical (unpaired) electrons. The third kappa shape index (κ3) is 2.21. The van der Waals surface area contributed by atoms with Gasteiger partial charge < -0.3 is 9.55 Å². The second kappa shape index (κ2) is 5.53. The lowest BCUT2D eigenvalue weighted by Crippen LogP contribution is -2.25. The van der Waals surface area contributed by atoms with Crippen molar-refractivity contribution in [1.29, 1.82) is 0 Å². The number of hydrogen-bond acceptors (Lipinski definition) is 2. The topological polar surface area (TPSA) is 45.8 Å². The van der Waals surface area contributed by atoms with Gasteiger partial charge in [0.05, 0.1) is 11.7 Å². The minimum Gasteiger partial charge on any atom is -0.360 e. The molecule has 112 valence electrons. The average molecular weight is 318 g/mol. The zero-order chi connectivity index (χ0) is 15.7. The van der Waals surface area contributed by atoms with Crippen LogP contribution >= 0.6 is 7.14 Å². The predicted octanol–water partition coefficient (Wildman–Crippen LogP) is 3.20. The number of benzene rings is 2. The Kier molecular flexibility index (Phi) is 3.36. The molecule has 0 spiro atoms. The normalized spacial score (nSPS) is 11.7. The largest absolute Gasteiger partial charge is 0.360 e. The van der Waals surface area contributed by atoms with Gasteiger partial charge in [-0.3, -0.25) is 4.98 Å². The summed E-state index contributed by atoms with van der Waals surface area (Å²) in [5.41, 5.74) is 0.898. The summed E-state index contributed by atoms with van der Waals surface area (Å²) in [4.78, 5) is 7.45. The van der Waals surface area contributed by atoms with Crippen LogP contribution in [0.15, 0.2) is 85.3 Å². The summed E-state index contributed by atoms with van der Waals surface area (Å²) in [7, 11) is -2.97. The molecule has 2 aromatic heterocycles. The minimum atomic E-state index is -2.97. The summed E-state index contributed by atoms with van der Waals surface area (Å²) < 4.78 is 14.3. The number of aromatic nitrogens is 2. The van der Waals surface area contributed by atoms with Gasteiger partial charge in [0.2, 0.25) is 0 Å². The Morgan fingerprint density at radius 1 is 0.783 bits per heavy atom. The quantitative estimate of drug-likeness (QED) is 0.590. The fourth-order valence-corrected chi connectivity index (χ4v) is 5.72. The summed E-state index contributed by atoms with van der Waals surface area (Å²) >= 11 is 0. The zero-order valence-corrected chi connectivity index (χ0v) is 13.3. The van der Waals surface area contributed by atoms with Gasteiger partial charge in [0.1, 0.15) is 0 Å². The lowest BCUT2D eigenvalue weighted by Gasteiger charge is -2.20. The van der Waals surface area contributed by atoms with Crippen molar-refractivity contribution in [3.05, 3.63) is 85.3 Å². The van der Waals surface area contributed by atoms with Crippen LogP contribution in [0.5, 0.6) is 0 Å². The van der Waals surface area contributed by atoms with Crippen LogP contribution in [0.1, 0.15) is 0 Å². The third-order valence-electron chi connectivity index (χ3n) is 4.03. The summed E-state index contributed by atoms with van der Waals surface area (Å²) in [6.45, 7) is 0. The third-order valence-corrected chi connectivity index (χ3v) is 7.12. The molecule has 2 heterocycles. The van der Waals surface area contributed by atoms with E-state index in [4.69, 9.17) is 0 Å². The molecule has 0 atom stereocenters. The molecule has 0 aliphatic rings. The van der Waals surface area contributed by atoms with Crippen LogP contribution in [0.25, 0.3) is 10.9 Å². The molecule has 2 aromatic carbocycles. The van der Waals surface area contributed by atoms with Gasteiger partial charge in [0.15, 0.2) is 7.14 Å². The first-order valence-corrected chi connectivity index (χ1v) is 9.14. The Morgan fingerprint density at radius 3 is 2.00 bits per heavy atom. The Labute approximate surface area is 134 Å². The average Bonchev–Trinajstić information content (AvgIpc) is 3.11. The first kappa shape index (κ1) is 14.0. The van der Waals surface area contributed by atoms with Crippen LogP contribution < -0.4 is 15.9 Å². The number of nitrogens with one attached hydrogen (secondary N) is 1. The van der Waals surface area contributed by atoms with E-state index in [2.05, 4.69) is 9.97 Å². The predicted molar refractivity (Wildman–Crippen MR) is 95.5 cm³/mol. The van der Waals surface area contributed by atoms with E-state index < -0.39 is 7.14 Å². The Hall–Kier alpha value is -2.64. The standard InChI is InChI=1S/C19H15N2OP/c22-23(15-7-3-1-4-8-15,16-9-5-2-6-10-16)19-14-20-13-18-17(19)11-12-21-18/h1-14,21H. The molecular formula is C19H15N2OP. The second-order valence-electron chi connectivity index (χ2n) is 5.38. The van der Waals surface area contributed by atoms with Crippen LogP contribution in [0, 0.1) is 0 Å². The molecule has 4 heteroatoms. The fraction of sp³-hybridized carbons (Fsp3) is 0. The molecule has 1 N–H and O–H groups in total. The molecule has 0 fully saturated rings. The Bertz CT molecular complexity index is 950. The molecule has 0 bridgehead atoms. The van der Waals surface area contributed by atoms with Crippen molar-refractivity contribution in [2.24, 2.45) is 0 Å². The van der Waals surface area contributed by atoms with Gasteiger partial charge >= 0.3 is 0 Å². The van der Waals surface area contributed by atoms with Crippen molar-refractivity contribution in [2.45, 2.75) is 0 Å². The molecular weight excluding hydrogens is 303 g/mol. The number of nitrogens with zero attached hydrogens (tertiary/aromatic N) is 1. The van der Waals surface area contributed by atoms with Crippen molar-refractivity contribution >= 4 is 34.0 Å². The highest BCUT2D eigenvalue weighted by Gasteiger charge is 2.31. The molecule has 0 aliphatic heterocycles. The molecule has 0 aliphatic carbocycles. The van der Waals surface area contributed by atoms with Gasteiger partial charge in [-0.15, -0.1) is 0 Å².